The van der Waals surface area contributed by atoms with Crippen molar-refractivity contribution in [2.24, 2.45) is 17.4 Å². The summed E-state index contributed by atoms with van der Waals surface area (Å²) in [6.45, 7) is 5.03. The van der Waals surface area contributed by atoms with Gasteiger partial charge in [0.2, 0.25) is 41.4 Å². The molecule has 7 amide bonds. The van der Waals surface area contributed by atoms with Crippen molar-refractivity contribution in [2.45, 2.75) is 173 Å². The van der Waals surface area contributed by atoms with Gasteiger partial charge in [0.05, 0.1) is 12.5 Å². The lowest BCUT2D eigenvalue weighted by molar-refractivity contribution is -0.142. The molecule has 0 aliphatic heterocycles. The molecule has 17 nitrogen and oxygen atoms in total. The molecular weight excluding hydrogens is 835 g/mol. The zero-order chi connectivity index (χ0) is 48.1. The number of aliphatic hydroxyl groups excluding tert-OH is 1. The van der Waals surface area contributed by atoms with Gasteiger partial charge in [0.1, 0.15) is 30.2 Å². The molecule has 2 aromatic carbocycles. The number of hydrogen-bond acceptors (Lipinski definition) is 9. The van der Waals surface area contributed by atoms with Crippen LogP contribution in [0.5, 0.6) is 0 Å². The number of amides is 7. The van der Waals surface area contributed by atoms with E-state index in [2.05, 4.69) is 26.6 Å². The summed E-state index contributed by atoms with van der Waals surface area (Å²) < 4.78 is 0. The number of nitrogens with one attached hydrogen (secondary N) is 5. The molecule has 11 N–H and O–H groups in total. The van der Waals surface area contributed by atoms with Crippen LogP contribution in [0.15, 0.2) is 60.7 Å². The third-order valence-corrected chi connectivity index (χ3v) is 11.3. The Labute approximate surface area is 383 Å². The summed E-state index contributed by atoms with van der Waals surface area (Å²) in [5.74, 6) is -5.97. The molecule has 0 heterocycles. The number of rotatable bonds is 34. The van der Waals surface area contributed by atoms with E-state index in [0.717, 1.165) is 69.8 Å². The minimum absolute atomic E-state index is 0.0343. The van der Waals surface area contributed by atoms with Gasteiger partial charge in [-0.2, -0.15) is 0 Å². The maximum absolute atomic E-state index is 13.4. The third kappa shape index (κ3) is 23.1. The number of aliphatic carboxylic acids is 1. The number of primary amides is 2. The van der Waals surface area contributed by atoms with Crippen LogP contribution in [0.1, 0.15) is 135 Å². The van der Waals surface area contributed by atoms with Crippen LogP contribution in [0, 0.1) is 5.92 Å². The number of aliphatic hydroxyl groups is 1. The molecule has 1 unspecified atom stereocenters. The molecule has 65 heavy (non-hydrogen) atoms. The lowest BCUT2D eigenvalue weighted by atomic mass is 9.96. The summed E-state index contributed by atoms with van der Waals surface area (Å²) in [5.41, 5.74) is 12.4. The van der Waals surface area contributed by atoms with Gasteiger partial charge in [-0.15, -0.1) is 0 Å². The molecule has 2 aromatic rings. The number of hydrogen-bond donors (Lipinski definition) is 9. The Morgan fingerprint density at radius 2 is 0.938 bits per heavy atom. The summed E-state index contributed by atoms with van der Waals surface area (Å²) in [5, 5.41) is 32.9. The molecule has 0 fully saturated rings. The largest absolute Gasteiger partial charge is 0.480 e. The molecule has 17 heteroatoms. The Bertz CT molecular complexity index is 1800. The van der Waals surface area contributed by atoms with E-state index in [9.17, 15) is 48.6 Å². The lowest BCUT2D eigenvalue weighted by Crippen LogP contribution is -2.60. The minimum atomic E-state index is -1.28. The lowest BCUT2D eigenvalue weighted by Gasteiger charge is -2.28. The first-order valence-electron chi connectivity index (χ1n) is 23.1. The van der Waals surface area contributed by atoms with Gasteiger partial charge in [-0.3, -0.25) is 33.6 Å². The molecule has 0 aliphatic rings. The zero-order valence-electron chi connectivity index (χ0n) is 38.4. The fourth-order valence-corrected chi connectivity index (χ4v) is 7.27. The van der Waals surface area contributed by atoms with Crippen LogP contribution in [0.2, 0.25) is 0 Å². The molecule has 0 bridgehead atoms. The molecule has 0 saturated heterocycles. The van der Waals surface area contributed by atoms with Crippen LogP contribution in [-0.2, 0) is 51.2 Å². The summed E-state index contributed by atoms with van der Waals surface area (Å²) >= 11 is 0. The van der Waals surface area contributed by atoms with E-state index >= 15 is 0 Å². The van der Waals surface area contributed by atoms with Crippen molar-refractivity contribution < 1.29 is 48.6 Å². The van der Waals surface area contributed by atoms with E-state index in [4.69, 9.17) is 11.5 Å². The van der Waals surface area contributed by atoms with Crippen LogP contribution >= 0.6 is 0 Å². The molecule has 0 saturated carbocycles. The third-order valence-electron chi connectivity index (χ3n) is 11.3. The van der Waals surface area contributed by atoms with E-state index in [-0.39, 0.29) is 37.5 Å². The topological polar surface area (TPSA) is 289 Å². The van der Waals surface area contributed by atoms with Crippen molar-refractivity contribution in [3.05, 3.63) is 71.8 Å². The van der Waals surface area contributed by atoms with Crippen LogP contribution in [0.4, 0.5) is 0 Å². The highest BCUT2D eigenvalue weighted by Crippen LogP contribution is 2.15. The summed E-state index contributed by atoms with van der Waals surface area (Å²) in [6, 6.07) is 12.0. The Hall–Kier alpha value is -5.84. The second-order valence-corrected chi connectivity index (χ2v) is 16.9. The quantitative estimate of drug-likeness (QED) is 0.0462. The van der Waals surface area contributed by atoms with Crippen molar-refractivity contribution in [3.63, 3.8) is 0 Å². The maximum atomic E-state index is 13.4. The van der Waals surface area contributed by atoms with E-state index in [1.165, 1.54) is 6.92 Å². The highest BCUT2D eigenvalue weighted by atomic mass is 16.4. The monoisotopic (exact) mass is 908 g/mol. The van der Waals surface area contributed by atoms with Crippen LogP contribution in [0.25, 0.3) is 0 Å². The second-order valence-electron chi connectivity index (χ2n) is 16.9. The summed E-state index contributed by atoms with van der Waals surface area (Å²) in [6.07, 6.45) is 10.5. The number of carboxylic acids is 1. The number of nitrogens with two attached hydrogens (primary N) is 2. The summed E-state index contributed by atoms with van der Waals surface area (Å²) in [4.78, 5) is 101. The molecule has 2 rings (SSSR count). The zero-order valence-corrected chi connectivity index (χ0v) is 38.4. The van der Waals surface area contributed by atoms with Gasteiger partial charge in [0.25, 0.3) is 0 Å². The molecule has 0 aliphatic carbocycles. The van der Waals surface area contributed by atoms with E-state index in [1.807, 2.05) is 37.3 Å². The van der Waals surface area contributed by atoms with E-state index in [0.29, 0.717) is 24.8 Å². The van der Waals surface area contributed by atoms with E-state index < -0.39 is 84.1 Å². The molecular formula is C48H73N7O10. The number of carbonyl (C=O) groups is 8. The first kappa shape index (κ1) is 55.3. The van der Waals surface area contributed by atoms with Gasteiger partial charge in [0, 0.05) is 25.7 Å². The molecule has 7 atom stereocenters. The molecule has 0 radical (unpaired) electrons. The number of carboxylic acid groups (broad SMARTS) is 1. The molecule has 360 valence electrons. The van der Waals surface area contributed by atoms with Gasteiger partial charge in [-0.25, -0.2) is 4.79 Å². The first-order valence-corrected chi connectivity index (χ1v) is 23.1. The smallest absolute Gasteiger partial charge is 0.326 e. The van der Waals surface area contributed by atoms with Crippen LogP contribution < -0.4 is 38.1 Å². The van der Waals surface area contributed by atoms with Crippen molar-refractivity contribution in [1.82, 2.24) is 26.6 Å². The summed E-state index contributed by atoms with van der Waals surface area (Å²) in [7, 11) is 0. The number of benzene rings is 2. The molecule has 0 aromatic heterocycles. The Kier molecular flexibility index (Phi) is 26.5. The average Bonchev–Trinajstić information content (AvgIpc) is 3.26. The fraction of sp³-hybridized carbons (Fsp3) is 0.583. The van der Waals surface area contributed by atoms with Gasteiger partial charge in [-0.1, -0.05) is 145 Å². The van der Waals surface area contributed by atoms with E-state index in [1.54, 1.807) is 37.3 Å². The first-order chi connectivity index (χ1) is 31.0. The van der Waals surface area contributed by atoms with Gasteiger partial charge in [0.15, 0.2) is 0 Å². The Morgan fingerprint density at radius 3 is 1.35 bits per heavy atom. The SMILES string of the molecule is CCC(C)[C@H](NC(=O)[C@@H](NC(=O)CCCCCCCCCCCCCCC(=O)N[C@@H](CC(N)=O)C(=O)N[C@@H](Cc1ccccc1)C(=O)O)[C@H](C)O)C(=O)N[C@@H](Cc1ccccc1)C(N)=O. The highest BCUT2D eigenvalue weighted by molar-refractivity contribution is 5.95. The Balaban J connectivity index is 1.62. The fourth-order valence-electron chi connectivity index (χ4n) is 7.27. The van der Waals surface area contributed by atoms with Crippen LogP contribution in [-0.4, -0.2) is 93.8 Å². The average molecular weight is 908 g/mol. The highest BCUT2D eigenvalue weighted by Gasteiger charge is 2.34. The van der Waals surface area contributed by atoms with Crippen LogP contribution in [0.3, 0.4) is 0 Å². The van der Waals surface area contributed by atoms with Gasteiger partial charge >= 0.3 is 5.97 Å². The second kappa shape index (κ2) is 31.1. The predicted octanol–water partition coefficient (Wildman–Crippen LogP) is 3.23. The van der Waals surface area contributed by atoms with Gasteiger partial charge < -0.3 is 48.3 Å². The standard InChI is InChI=1S/C48H73N7O10/c1-4-32(2)42(46(62)52-36(44(50)60)29-34-23-17-15-18-24-34)55-47(63)43(33(3)56)54-41(59)28-22-14-12-10-8-6-5-7-9-11-13-21-27-40(58)51-37(31-39(49)57)45(61)53-38(48(64)65)30-35-25-19-16-20-26-35/h15-20,23-26,32-33,36-38,42-43,56H,4-14,21-22,27-31H2,1-3H3,(H2,49,57)(H2,50,60)(H,51,58)(H,52,62)(H,53,61)(H,54,59)(H,55,63)(H,64,65)/t32?,33-,36-,37-,38-,42-,43-/m0/s1. The van der Waals surface area contributed by atoms with Gasteiger partial charge in [-0.05, 0) is 36.8 Å². The van der Waals surface area contributed by atoms with Crippen molar-refractivity contribution in [3.8, 4) is 0 Å². The van der Waals surface area contributed by atoms with Crippen molar-refractivity contribution in [2.75, 3.05) is 0 Å². The molecule has 0 spiro atoms. The number of unbranched alkanes of at least 4 members (excludes halogenated alkanes) is 11. The van der Waals surface area contributed by atoms with Crippen molar-refractivity contribution in [1.29, 1.82) is 0 Å². The van der Waals surface area contributed by atoms with Crippen molar-refractivity contribution >= 4 is 47.3 Å². The minimum Gasteiger partial charge on any atom is -0.480 e. The normalized spacial score (nSPS) is 14.3. The Morgan fingerprint density at radius 1 is 0.523 bits per heavy atom. The number of carbonyl (C=O) groups excluding carboxylic acids is 7. The maximum Gasteiger partial charge on any atom is 0.326 e. The predicted molar refractivity (Wildman–Crippen MR) is 246 cm³/mol.